The average Bonchev–Trinajstić information content (AvgIpc) is 3.17. The predicted octanol–water partition coefficient (Wildman–Crippen LogP) is 6.48. The van der Waals surface area contributed by atoms with E-state index in [4.69, 9.17) is 37.4 Å². The summed E-state index contributed by atoms with van der Waals surface area (Å²) in [6.07, 6.45) is 1.77. The second-order valence-corrected chi connectivity index (χ2v) is 8.92. The van der Waals surface area contributed by atoms with E-state index in [9.17, 15) is 4.79 Å². The lowest BCUT2D eigenvalue weighted by atomic mass is 10.2. The third-order valence-electron chi connectivity index (χ3n) is 4.87. The molecule has 3 aromatic carbocycles. The highest BCUT2D eigenvalue weighted by Gasteiger charge is 2.24. The van der Waals surface area contributed by atoms with Gasteiger partial charge in [-0.3, -0.25) is 4.79 Å². The van der Waals surface area contributed by atoms with Crippen LogP contribution in [0.15, 0.2) is 70.6 Å². The molecule has 1 heterocycles. The van der Waals surface area contributed by atoms with Crippen LogP contribution in [0.5, 0.6) is 17.2 Å². The minimum absolute atomic E-state index is 0.169. The molecule has 0 saturated carbocycles. The molecule has 1 N–H and O–H groups in total. The highest BCUT2D eigenvalue weighted by atomic mass is 35.5. The first-order valence-electron chi connectivity index (χ1n) is 10.1. The number of carbonyl (C=O) groups is 1. The maximum absolute atomic E-state index is 12.5. The topological polar surface area (TPSA) is 69.2 Å². The van der Waals surface area contributed by atoms with Gasteiger partial charge in [-0.1, -0.05) is 35.3 Å². The van der Waals surface area contributed by atoms with Crippen LogP contribution in [0.1, 0.15) is 11.1 Å². The van der Waals surface area contributed by atoms with Crippen LogP contribution in [0.3, 0.4) is 0 Å². The Balaban J connectivity index is 1.53. The number of amides is 1. The number of carbonyl (C=O) groups excluding carboxylic acids is 1. The van der Waals surface area contributed by atoms with Gasteiger partial charge in [-0.25, -0.2) is 4.99 Å². The zero-order chi connectivity index (χ0) is 24.1. The molecule has 0 spiro atoms. The fraction of sp³-hybridized carbons (Fsp3) is 0.120. The molecule has 174 valence electrons. The monoisotopic (exact) mass is 514 g/mol. The molecular formula is C25H20Cl2N2O4S. The van der Waals surface area contributed by atoms with Gasteiger partial charge in [0.2, 0.25) is 0 Å². The number of hydrogen-bond donors (Lipinski definition) is 1. The second kappa shape index (κ2) is 10.9. The Hall–Kier alpha value is -3.13. The first-order valence-corrected chi connectivity index (χ1v) is 11.7. The van der Waals surface area contributed by atoms with Crippen molar-refractivity contribution in [2.24, 2.45) is 4.99 Å². The van der Waals surface area contributed by atoms with Gasteiger partial charge in [0.1, 0.15) is 12.4 Å². The van der Waals surface area contributed by atoms with Gasteiger partial charge >= 0.3 is 0 Å². The summed E-state index contributed by atoms with van der Waals surface area (Å²) in [4.78, 5) is 17.5. The fourth-order valence-electron chi connectivity index (χ4n) is 3.12. The van der Waals surface area contributed by atoms with Crippen LogP contribution in [-0.2, 0) is 11.4 Å². The van der Waals surface area contributed by atoms with E-state index in [1.54, 1.807) is 50.6 Å². The van der Waals surface area contributed by atoms with E-state index in [-0.39, 0.29) is 12.5 Å². The van der Waals surface area contributed by atoms with Crippen LogP contribution in [-0.4, -0.2) is 25.3 Å². The summed E-state index contributed by atoms with van der Waals surface area (Å²) in [5, 5.41) is 4.33. The number of methoxy groups -OCH3 is 2. The summed E-state index contributed by atoms with van der Waals surface area (Å²) in [6, 6.07) is 18.0. The van der Waals surface area contributed by atoms with Crippen molar-refractivity contribution in [1.29, 1.82) is 0 Å². The highest BCUT2D eigenvalue weighted by molar-refractivity contribution is 8.18. The van der Waals surface area contributed by atoms with Crippen molar-refractivity contribution in [1.82, 2.24) is 5.32 Å². The SMILES string of the molecule is COc1ccc(N=C2NC(=O)/C(=C/c3ccc(OC)c(OCc4c(Cl)cccc4Cl)c3)S2)cc1. The summed E-state index contributed by atoms with van der Waals surface area (Å²) in [7, 11) is 3.16. The number of benzene rings is 3. The molecule has 6 nitrogen and oxygen atoms in total. The zero-order valence-electron chi connectivity index (χ0n) is 18.3. The smallest absolute Gasteiger partial charge is 0.264 e. The number of halogens is 2. The fourth-order valence-corrected chi connectivity index (χ4v) is 4.47. The molecular weight excluding hydrogens is 495 g/mol. The van der Waals surface area contributed by atoms with Gasteiger partial charge in [0.05, 0.1) is 24.8 Å². The summed E-state index contributed by atoms with van der Waals surface area (Å²) in [6.45, 7) is 0.169. The minimum atomic E-state index is -0.224. The molecule has 0 radical (unpaired) electrons. The van der Waals surface area contributed by atoms with Crippen molar-refractivity contribution in [3.8, 4) is 17.2 Å². The third kappa shape index (κ3) is 5.67. The van der Waals surface area contributed by atoms with E-state index in [0.29, 0.717) is 42.9 Å². The third-order valence-corrected chi connectivity index (χ3v) is 6.49. The molecule has 34 heavy (non-hydrogen) atoms. The zero-order valence-corrected chi connectivity index (χ0v) is 20.6. The first-order chi connectivity index (χ1) is 16.5. The molecule has 1 fully saturated rings. The van der Waals surface area contributed by atoms with Crippen molar-refractivity contribution >= 4 is 57.8 Å². The average molecular weight is 515 g/mol. The molecule has 0 atom stereocenters. The second-order valence-electron chi connectivity index (χ2n) is 7.08. The molecule has 0 unspecified atom stereocenters. The molecule has 4 rings (SSSR count). The molecule has 1 aliphatic heterocycles. The standard InChI is InChI=1S/C25H20Cl2N2O4S/c1-31-17-9-7-16(8-10-17)28-25-29-24(30)23(34-25)13-15-6-11-21(32-2)22(12-15)33-14-18-19(26)4-3-5-20(18)27/h3-13H,14H2,1-2H3,(H,28,29,30)/b23-13-. The largest absolute Gasteiger partial charge is 0.497 e. The summed E-state index contributed by atoms with van der Waals surface area (Å²) in [5.41, 5.74) is 2.16. The van der Waals surface area contributed by atoms with Gasteiger partial charge in [0.15, 0.2) is 16.7 Å². The molecule has 9 heteroatoms. The predicted molar refractivity (Wildman–Crippen MR) is 138 cm³/mol. The quantitative estimate of drug-likeness (QED) is 0.365. The van der Waals surface area contributed by atoms with Gasteiger partial charge in [0, 0.05) is 15.6 Å². The van der Waals surface area contributed by atoms with E-state index in [1.807, 2.05) is 30.3 Å². The van der Waals surface area contributed by atoms with E-state index < -0.39 is 0 Å². The Bertz CT molecular complexity index is 1260. The number of hydrogen-bond acceptors (Lipinski definition) is 6. The number of rotatable bonds is 7. The Morgan fingerprint density at radius 3 is 2.38 bits per heavy atom. The van der Waals surface area contributed by atoms with Crippen LogP contribution in [0, 0.1) is 0 Å². The molecule has 0 aliphatic carbocycles. The highest BCUT2D eigenvalue weighted by Crippen LogP contribution is 2.34. The normalized spacial score (nSPS) is 15.5. The van der Waals surface area contributed by atoms with E-state index in [0.717, 1.165) is 11.3 Å². The number of aliphatic imine (C=N–C) groups is 1. The number of amidine groups is 1. The van der Waals surface area contributed by atoms with Crippen molar-refractivity contribution in [2.45, 2.75) is 6.61 Å². The van der Waals surface area contributed by atoms with Crippen LogP contribution in [0.25, 0.3) is 6.08 Å². The van der Waals surface area contributed by atoms with E-state index >= 15 is 0 Å². The lowest BCUT2D eigenvalue weighted by Crippen LogP contribution is -2.19. The molecule has 1 aliphatic rings. The van der Waals surface area contributed by atoms with Crippen molar-refractivity contribution in [3.05, 3.63) is 86.7 Å². The van der Waals surface area contributed by atoms with Crippen molar-refractivity contribution in [2.75, 3.05) is 14.2 Å². The van der Waals surface area contributed by atoms with E-state index in [1.165, 1.54) is 11.8 Å². The molecule has 3 aromatic rings. The number of nitrogens with zero attached hydrogens (tertiary/aromatic N) is 1. The van der Waals surface area contributed by atoms with Crippen LogP contribution in [0.2, 0.25) is 10.0 Å². The maximum Gasteiger partial charge on any atom is 0.264 e. The van der Waals surface area contributed by atoms with Gasteiger partial charge in [0.25, 0.3) is 5.91 Å². The van der Waals surface area contributed by atoms with Crippen LogP contribution >= 0.6 is 35.0 Å². The van der Waals surface area contributed by atoms with Gasteiger partial charge in [-0.2, -0.15) is 0 Å². The van der Waals surface area contributed by atoms with E-state index in [2.05, 4.69) is 10.3 Å². The Morgan fingerprint density at radius 1 is 0.971 bits per heavy atom. The Kier molecular flexibility index (Phi) is 7.67. The number of thioether (sulfide) groups is 1. The van der Waals surface area contributed by atoms with Gasteiger partial charge in [-0.05, 0) is 71.9 Å². The molecule has 0 aromatic heterocycles. The minimum Gasteiger partial charge on any atom is -0.497 e. The number of ether oxygens (including phenoxy) is 3. The lowest BCUT2D eigenvalue weighted by Gasteiger charge is -2.13. The Morgan fingerprint density at radius 2 is 1.71 bits per heavy atom. The number of nitrogens with one attached hydrogen (secondary N) is 1. The van der Waals surface area contributed by atoms with Gasteiger partial charge in [-0.15, -0.1) is 0 Å². The van der Waals surface area contributed by atoms with Crippen molar-refractivity contribution in [3.63, 3.8) is 0 Å². The molecule has 1 saturated heterocycles. The molecule has 1 amide bonds. The summed E-state index contributed by atoms with van der Waals surface area (Å²) < 4.78 is 16.5. The van der Waals surface area contributed by atoms with Crippen LogP contribution in [0.4, 0.5) is 5.69 Å². The Labute approximate surface area is 211 Å². The summed E-state index contributed by atoms with van der Waals surface area (Å²) in [5.74, 6) is 1.57. The first kappa shape index (κ1) is 24.0. The van der Waals surface area contributed by atoms with Crippen LogP contribution < -0.4 is 19.5 Å². The molecule has 0 bridgehead atoms. The summed E-state index contributed by atoms with van der Waals surface area (Å²) >= 11 is 13.8. The van der Waals surface area contributed by atoms with Crippen molar-refractivity contribution < 1.29 is 19.0 Å². The van der Waals surface area contributed by atoms with Gasteiger partial charge < -0.3 is 19.5 Å². The maximum atomic E-state index is 12.5. The lowest BCUT2D eigenvalue weighted by molar-refractivity contribution is -0.115.